The summed E-state index contributed by atoms with van der Waals surface area (Å²) in [4.78, 5) is 27.4. The van der Waals surface area contributed by atoms with Crippen LogP contribution in [-0.4, -0.2) is 55.2 Å². The fourth-order valence-electron chi connectivity index (χ4n) is 4.09. The van der Waals surface area contributed by atoms with E-state index in [1.807, 2.05) is 48.5 Å². The van der Waals surface area contributed by atoms with Gasteiger partial charge < -0.3 is 14.4 Å². The van der Waals surface area contributed by atoms with Gasteiger partial charge in [-0.1, -0.05) is 42.5 Å². The number of hydrogen-bond donors (Lipinski definition) is 0. The van der Waals surface area contributed by atoms with Gasteiger partial charge in [0.05, 0.1) is 31.5 Å². The highest BCUT2D eigenvalue weighted by atomic mass is 19.1. The first kappa shape index (κ1) is 23.9. The summed E-state index contributed by atoms with van der Waals surface area (Å²) in [6.07, 6.45) is 0.449. The van der Waals surface area contributed by atoms with Gasteiger partial charge in [-0.25, -0.2) is 9.40 Å². The lowest BCUT2D eigenvalue weighted by Gasteiger charge is -2.26. The highest BCUT2D eigenvalue weighted by Crippen LogP contribution is 2.37. The fourth-order valence-corrected chi connectivity index (χ4v) is 4.09. The van der Waals surface area contributed by atoms with Gasteiger partial charge in [-0.05, 0) is 30.3 Å². The maximum atomic E-state index is 14.1. The molecule has 0 saturated carbocycles. The van der Waals surface area contributed by atoms with E-state index in [4.69, 9.17) is 9.47 Å². The van der Waals surface area contributed by atoms with Gasteiger partial charge in [-0.15, -0.1) is 0 Å². The molecule has 3 aromatic rings. The summed E-state index contributed by atoms with van der Waals surface area (Å²) in [5, 5.41) is 6.03. The molecule has 3 aromatic carbocycles. The molecule has 0 fully saturated rings. The predicted octanol–water partition coefficient (Wildman–Crippen LogP) is 4.29. The minimum Gasteiger partial charge on any atom is -0.497 e. The summed E-state index contributed by atoms with van der Waals surface area (Å²) in [6, 6.07) is 20.2. The number of carbonyl (C=O) groups is 2. The van der Waals surface area contributed by atoms with E-state index in [1.54, 1.807) is 20.3 Å². The molecule has 0 aromatic heterocycles. The minimum absolute atomic E-state index is 0.0916. The molecule has 0 aliphatic carbocycles. The summed E-state index contributed by atoms with van der Waals surface area (Å²) in [5.41, 5.74) is 2.24. The standard InChI is InChI=1S/C27H26FN3O4/c1-30(27(33)20-11-4-6-13-22(20)28)17-26(32)31-24(21-12-5-7-14-25(21)35-3)16-23(29-31)18-9-8-10-19(15-18)34-2/h4-15,24H,16-17H2,1-3H3/t24-/m0/s1. The van der Waals surface area contributed by atoms with Crippen LogP contribution in [0.1, 0.15) is 33.9 Å². The van der Waals surface area contributed by atoms with Crippen LogP contribution in [0.15, 0.2) is 77.9 Å². The number of rotatable bonds is 7. The molecule has 8 heteroatoms. The molecule has 0 spiro atoms. The Labute approximate surface area is 203 Å². The summed E-state index contributed by atoms with van der Waals surface area (Å²) < 4.78 is 25.0. The van der Waals surface area contributed by atoms with Crippen molar-refractivity contribution in [2.24, 2.45) is 5.10 Å². The highest BCUT2D eigenvalue weighted by molar-refractivity contribution is 6.04. The van der Waals surface area contributed by atoms with Gasteiger partial charge in [0, 0.05) is 24.6 Å². The van der Waals surface area contributed by atoms with E-state index in [2.05, 4.69) is 5.10 Å². The average Bonchev–Trinajstić information content (AvgIpc) is 3.34. The van der Waals surface area contributed by atoms with Crippen molar-refractivity contribution >= 4 is 17.5 Å². The third-order valence-electron chi connectivity index (χ3n) is 5.89. The van der Waals surface area contributed by atoms with E-state index in [0.29, 0.717) is 23.6 Å². The van der Waals surface area contributed by atoms with Crippen molar-refractivity contribution in [2.75, 3.05) is 27.8 Å². The Morgan fingerprint density at radius 3 is 2.51 bits per heavy atom. The van der Waals surface area contributed by atoms with Crippen LogP contribution in [0.4, 0.5) is 4.39 Å². The number of hydrogen-bond acceptors (Lipinski definition) is 5. The molecule has 180 valence electrons. The van der Waals surface area contributed by atoms with Crippen LogP contribution in [0.3, 0.4) is 0 Å². The molecule has 35 heavy (non-hydrogen) atoms. The molecule has 0 radical (unpaired) electrons. The van der Waals surface area contributed by atoms with Crippen LogP contribution in [-0.2, 0) is 4.79 Å². The summed E-state index contributed by atoms with van der Waals surface area (Å²) in [6.45, 7) is -0.270. The minimum atomic E-state index is -0.636. The van der Waals surface area contributed by atoms with Gasteiger partial charge in [0.25, 0.3) is 11.8 Å². The van der Waals surface area contributed by atoms with Gasteiger partial charge in [-0.2, -0.15) is 5.10 Å². The molecule has 7 nitrogen and oxygen atoms in total. The number of nitrogens with zero attached hydrogens (tertiary/aromatic N) is 3. The van der Waals surface area contributed by atoms with Crippen LogP contribution in [0.5, 0.6) is 11.5 Å². The first-order valence-electron chi connectivity index (χ1n) is 11.1. The molecular formula is C27H26FN3O4. The number of amides is 2. The van der Waals surface area contributed by atoms with Gasteiger partial charge in [-0.3, -0.25) is 9.59 Å². The molecule has 4 rings (SSSR count). The maximum Gasteiger partial charge on any atom is 0.262 e. The monoisotopic (exact) mass is 475 g/mol. The molecule has 1 aliphatic heterocycles. The number of likely N-dealkylation sites (N-methyl/N-ethyl adjacent to an activating group) is 1. The Kier molecular flexibility index (Phi) is 7.10. The van der Waals surface area contributed by atoms with E-state index >= 15 is 0 Å². The van der Waals surface area contributed by atoms with Crippen molar-refractivity contribution in [1.82, 2.24) is 9.91 Å². The molecule has 0 unspecified atom stereocenters. The number of halogens is 1. The number of ether oxygens (including phenoxy) is 2. The quantitative estimate of drug-likeness (QED) is 0.511. The maximum absolute atomic E-state index is 14.1. The fraction of sp³-hybridized carbons (Fsp3) is 0.222. The van der Waals surface area contributed by atoms with Crippen molar-refractivity contribution in [2.45, 2.75) is 12.5 Å². The first-order chi connectivity index (χ1) is 16.9. The Morgan fingerprint density at radius 2 is 1.77 bits per heavy atom. The summed E-state index contributed by atoms with van der Waals surface area (Å²) in [5.74, 6) is -0.303. The van der Waals surface area contributed by atoms with Gasteiger partial charge in [0.1, 0.15) is 23.9 Å². The van der Waals surface area contributed by atoms with Crippen LogP contribution in [0.2, 0.25) is 0 Å². The zero-order valence-electron chi connectivity index (χ0n) is 19.8. The van der Waals surface area contributed by atoms with Gasteiger partial charge in [0.15, 0.2) is 0 Å². The molecule has 1 atom stereocenters. The molecule has 0 bridgehead atoms. The number of methoxy groups -OCH3 is 2. The Morgan fingerprint density at radius 1 is 1.03 bits per heavy atom. The zero-order valence-corrected chi connectivity index (χ0v) is 19.8. The molecule has 0 N–H and O–H groups in total. The number of para-hydroxylation sites is 1. The largest absolute Gasteiger partial charge is 0.497 e. The second-order valence-electron chi connectivity index (χ2n) is 8.12. The van der Waals surface area contributed by atoms with Crippen molar-refractivity contribution in [3.8, 4) is 11.5 Å². The third kappa shape index (κ3) is 5.01. The molecular weight excluding hydrogens is 449 g/mol. The van der Waals surface area contributed by atoms with E-state index in [0.717, 1.165) is 11.1 Å². The Balaban J connectivity index is 1.64. The van der Waals surface area contributed by atoms with Gasteiger partial charge >= 0.3 is 0 Å². The molecule has 2 amide bonds. The SMILES string of the molecule is COc1cccc(C2=NN(C(=O)CN(C)C(=O)c3ccccc3F)[C@H](c3ccccc3OC)C2)c1. The lowest BCUT2D eigenvalue weighted by Crippen LogP contribution is -2.39. The normalized spacial score (nSPS) is 14.9. The summed E-state index contributed by atoms with van der Waals surface area (Å²) >= 11 is 0. The lowest BCUT2D eigenvalue weighted by molar-refractivity contribution is -0.133. The van der Waals surface area contributed by atoms with Crippen molar-refractivity contribution in [3.63, 3.8) is 0 Å². The first-order valence-corrected chi connectivity index (χ1v) is 11.1. The molecule has 1 heterocycles. The Hall–Kier alpha value is -4.20. The average molecular weight is 476 g/mol. The number of benzene rings is 3. The zero-order chi connectivity index (χ0) is 24.9. The summed E-state index contributed by atoms with van der Waals surface area (Å²) in [7, 11) is 4.63. The van der Waals surface area contributed by atoms with Crippen LogP contribution in [0.25, 0.3) is 0 Å². The molecule has 0 saturated heterocycles. The van der Waals surface area contributed by atoms with Crippen LogP contribution >= 0.6 is 0 Å². The number of hydrazone groups is 1. The second kappa shape index (κ2) is 10.4. The second-order valence-corrected chi connectivity index (χ2v) is 8.12. The van der Waals surface area contributed by atoms with E-state index in [9.17, 15) is 14.0 Å². The van der Waals surface area contributed by atoms with E-state index in [-0.39, 0.29) is 12.1 Å². The van der Waals surface area contributed by atoms with Crippen LogP contribution in [0, 0.1) is 5.82 Å². The van der Waals surface area contributed by atoms with E-state index < -0.39 is 23.7 Å². The van der Waals surface area contributed by atoms with E-state index in [1.165, 1.54) is 35.2 Å². The van der Waals surface area contributed by atoms with Crippen molar-refractivity contribution < 1.29 is 23.5 Å². The molecule has 1 aliphatic rings. The topological polar surface area (TPSA) is 71.4 Å². The van der Waals surface area contributed by atoms with Crippen molar-refractivity contribution in [3.05, 3.63) is 95.3 Å². The number of carbonyl (C=O) groups excluding carboxylic acids is 2. The Bertz CT molecular complexity index is 1280. The van der Waals surface area contributed by atoms with Crippen molar-refractivity contribution in [1.29, 1.82) is 0 Å². The third-order valence-corrected chi connectivity index (χ3v) is 5.89. The highest BCUT2D eigenvalue weighted by Gasteiger charge is 2.35. The van der Waals surface area contributed by atoms with Gasteiger partial charge in [0.2, 0.25) is 0 Å². The smallest absolute Gasteiger partial charge is 0.262 e. The predicted molar refractivity (Wildman–Crippen MR) is 130 cm³/mol. The lowest BCUT2D eigenvalue weighted by atomic mass is 9.97. The van der Waals surface area contributed by atoms with Crippen LogP contribution < -0.4 is 9.47 Å².